The highest BCUT2D eigenvalue weighted by Crippen LogP contribution is 2.21. The Kier molecular flexibility index (Phi) is 7.08. The van der Waals surface area contributed by atoms with Gasteiger partial charge in [-0.05, 0) is 60.4 Å². The molecule has 2 amide bonds. The topological polar surface area (TPSA) is 85.2 Å². The molecule has 0 spiro atoms. The van der Waals surface area contributed by atoms with Crippen molar-refractivity contribution < 1.29 is 14.3 Å². The largest absolute Gasteiger partial charge is 0.489 e. The third-order valence-electron chi connectivity index (χ3n) is 4.47. The molecule has 0 aliphatic heterocycles. The second-order valence-corrected chi connectivity index (χ2v) is 7.33. The van der Waals surface area contributed by atoms with Gasteiger partial charge in [0.05, 0.1) is 6.20 Å². The molecule has 1 heterocycles. The number of carbonyl (C=O) groups excluding carboxylic acids is 2. The molecule has 0 unspecified atom stereocenters. The van der Waals surface area contributed by atoms with Crippen LogP contribution in [-0.2, 0) is 24.9 Å². The van der Waals surface area contributed by atoms with Gasteiger partial charge in [0, 0.05) is 30.3 Å². The quantitative estimate of drug-likeness (QED) is 0.567. The lowest BCUT2D eigenvalue weighted by Gasteiger charge is -2.09. The molecule has 0 radical (unpaired) electrons. The number of aryl methyl sites for hydroxylation is 3. The van der Waals surface area contributed by atoms with E-state index in [0.717, 1.165) is 22.4 Å². The van der Waals surface area contributed by atoms with Gasteiger partial charge in [-0.3, -0.25) is 25.1 Å². The summed E-state index contributed by atoms with van der Waals surface area (Å²) in [6, 6.07) is 12.5. The molecule has 2 aromatic carbocycles. The molecule has 0 aliphatic carbocycles. The maximum Gasteiger partial charge on any atom is 0.269 e. The Morgan fingerprint density at radius 3 is 2.53 bits per heavy atom. The number of carbonyl (C=O) groups is 2. The fraction of sp³-hybridized carbons (Fsp3) is 0.227. The van der Waals surface area contributed by atoms with Crippen molar-refractivity contribution in [2.75, 3.05) is 0 Å². The van der Waals surface area contributed by atoms with Crippen LogP contribution in [0, 0.1) is 6.92 Å². The van der Waals surface area contributed by atoms with Crippen molar-refractivity contribution in [3.63, 3.8) is 0 Å². The number of aromatic nitrogens is 2. The lowest BCUT2D eigenvalue weighted by molar-refractivity contribution is -0.121. The van der Waals surface area contributed by atoms with Gasteiger partial charge < -0.3 is 4.74 Å². The van der Waals surface area contributed by atoms with Crippen molar-refractivity contribution in [3.05, 3.63) is 82.1 Å². The minimum atomic E-state index is -0.384. The standard InChI is InChI=1S/C22H23ClN4O3/c1-15-11-19(8-9-20(15)23)30-14-16-3-6-18(7-4-16)22(29)26-25-21(28)10-5-17-12-24-27(2)13-17/h3-4,6-9,11-13H,5,10,14H2,1-2H3,(H,25,28)(H,26,29). The van der Waals surface area contributed by atoms with Gasteiger partial charge in [-0.15, -0.1) is 0 Å². The van der Waals surface area contributed by atoms with Gasteiger partial charge in [-0.2, -0.15) is 5.10 Å². The molecule has 8 heteroatoms. The smallest absolute Gasteiger partial charge is 0.269 e. The normalized spacial score (nSPS) is 10.5. The van der Waals surface area contributed by atoms with Crippen molar-refractivity contribution in [1.29, 1.82) is 0 Å². The number of hydrazine groups is 1. The average Bonchev–Trinajstić information content (AvgIpc) is 3.17. The molecular weight excluding hydrogens is 404 g/mol. The number of nitrogens with one attached hydrogen (secondary N) is 2. The number of amides is 2. The molecule has 3 aromatic rings. The van der Waals surface area contributed by atoms with E-state index < -0.39 is 0 Å². The summed E-state index contributed by atoms with van der Waals surface area (Å²) in [5.41, 5.74) is 8.12. The van der Waals surface area contributed by atoms with Crippen LogP contribution in [0.3, 0.4) is 0 Å². The first kappa shape index (κ1) is 21.4. The van der Waals surface area contributed by atoms with Gasteiger partial charge in [0.15, 0.2) is 0 Å². The van der Waals surface area contributed by atoms with Gasteiger partial charge in [-0.25, -0.2) is 0 Å². The second kappa shape index (κ2) is 9.93. The zero-order valence-corrected chi connectivity index (χ0v) is 17.6. The highest BCUT2D eigenvalue weighted by atomic mass is 35.5. The minimum absolute atomic E-state index is 0.256. The van der Waals surface area contributed by atoms with Gasteiger partial charge in [0.2, 0.25) is 5.91 Å². The lowest BCUT2D eigenvalue weighted by atomic mass is 10.1. The van der Waals surface area contributed by atoms with Crippen LogP contribution in [0.25, 0.3) is 0 Å². The molecule has 156 valence electrons. The molecule has 0 saturated heterocycles. The summed E-state index contributed by atoms with van der Waals surface area (Å²) in [4.78, 5) is 24.1. The predicted molar refractivity (Wildman–Crippen MR) is 114 cm³/mol. The Hall–Kier alpha value is -3.32. The zero-order valence-electron chi connectivity index (χ0n) is 16.8. The van der Waals surface area contributed by atoms with Crippen molar-refractivity contribution in [2.45, 2.75) is 26.4 Å². The van der Waals surface area contributed by atoms with Crippen LogP contribution < -0.4 is 15.6 Å². The maximum absolute atomic E-state index is 12.2. The van der Waals surface area contributed by atoms with Gasteiger partial charge in [0.1, 0.15) is 12.4 Å². The molecule has 0 fully saturated rings. The van der Waals surface area contributed by atoms with E-state index in [0.29, 0.717) is 23.6 Å². The van der Waals surface area contributed by atoms with Gasteiger partial charge >= 0.3 is 0 Å². The highest BCUT2D eigenvalue weighted by molar-refractivity contribution is 6.31. The molecule has 0 aliphatic rings. The van der Waals surface area contributed by atoms with E-state index in [2.05, 4.69) is 16.0 Å². The van der Waals surface area contributed by atoms with E-state index in [-0.39, 0.29) is 18.2 Å². The van der Waals surface area contributed by atoms with E-state index in [1.807, 2.05) is 44.4 Å². The average molecular weight is 427 g/mol. The summed E-state index contributed by atoms with van der Waals surface area (Å²) in [5.74, 6) is 0.0775. The van der Waals surface area contributed by atoms with Crippen LogP contribution >= 0.6 is 11.6 Å². The van der Waals surface area contributed by atoms with Crippen LogP contribution in [0.5, 0.6) is 5.75 Å². The Morgan fingerprint density at radius 1 is 1.10 bits per heavy atom. The molecule has 0 saturated carbocycles. The maximum atomic E-state index is 12.2. The third-order valence-corrected chi connectivity index (χ3v) is 4.89. The molecule has 7 nitrogen and oxygen atoms in total. The summed E-state index contributed by atoms with van der Waals surface area (Å²) < 4.78 is 7.43. The van der Waals surface area contributed by atoms with E-state index in [9.17, 15) is 9.59 Å². The SMILES string of the molecule is Cc1cc(OCc2ccc(C(=O)NNC(=O)CCc3cnn(C)c3)cc2)ccc1Cl. The minimum Gasteiger partial charge on any atom is -0.489 e. The Labute approximate surface area is 180 Å². The number of hydrogen-bond donors (Lipinski definition) is 2. The van der Waals surface area contributed by atoms with Crippen molar-refractivity contribution >= 4 is 23.4 Å². The van der Waals surface area contributed by atoms with E-state index in [1.165, 1.54) is 0 Å². The summed E-state index contributed by atoms with van der Waals surface area (Å²) in [6.45, 7) is 2.29. The monoisotopic (exact) mass is 426 g/mol. The van der Waals surface area contributed by atoms with E-state index in [1.54, 1.807) is 29.1 Å². The lowest BCUT2D eigenvalue weighted by Crippen LogP contribution is -2.41. The van der Waals surface area contributed by atoms with Gasteiger partial charge in [-0.1, -0.05) is 23.7 Å². The number of benzene rings is 2. The number of rotatable bonds is 7. The molecular formula is C22H23ClN4O3. The summed E-state index contributed by atoms with van der Waals surface area (Å²) in [6.07, 6.45) is 4.38. The van der Waals surface area contributed by atoms with Crippen LogP contribution in [0.4, 0.5) is 0 Å². The van der Waals surface area contributed by atoms with Crippen LogP contribution in [-0.4, -0.2) is 21.6 Å². The van der Waals surface area contributed by atoms with E-state index >= 15 is 0 Å². The van der Waals surface area contributed by atoms with Crippen molar-refractivity contribution in [2.24, 2.45) is 7.05 Å². The Bertz CT molecular complexity index is 1030. The summed E-state index contributed by atoms with van der Waals surface area (Å²) in [7, 11) is 1.82. The Balaban J connectivity index is 1.43. The molecule has 0 bridgehead atoms. The van der Waals surface area contributed by atoms with E-state index in [4.69, 9.17) is 16.3 Å². The molecule has 30 heavy (non-hydrogen) atoms. The number of nitrogens with zero attached hydrogens (tertiary/aromatic N) is 2. The van der Waals surface area contributed by atoms with Crippen LogP contribution in [0.1, 0.15) is 33.5 Å². The zero-order chi connectivity index (χ0) is 21.5. The number of ether oxygens (including phenoxy) is 1. The summed E-state index contributed by atoms with van der Waals surface area (Å²) >= 11 is 6.01. The first-order valence-corrected chi connectivity index (χ1v) is 9.83. The highest BCUT2D eigenvalue weighted by Gasteiger charge is 2.08. The molecule has 1 aromatic heterocycles. The fourth-order valence-electron chi connectivity index (χ4n) is 2.75. The molecule has 3 rings (SSSR count). The fourth-order valence-corrected chi connectivity index (χ4v) is 2.86. The number of halogens is 1. The third kappa shape index (κ3) is 6.09. The molecule has 2 N–H and O–H groups in total. The van der Waals surface area contributed by atoms with Gasteiger partial charge in [0.25, 0.3) is 5.91 Å². The van der Waals surface area contributed by atoms with Crippen LogP contribution in [0.15, 0.2) is 54.9 Å². The van der Waals surface area contributed by atoms with Crippen molar-refractivity contribution in [1.82, 2.24) is 20.6 Å². The first-order valence-electron chi connectivity index (χ1n) is 9.45. The van der Waals surface area contributed by atoms with Crippen molar-refractivity contribution in [3.8, 4) is 5.75 Å². The van der Waals surface area contributed by atoms with Crippen LogP contribution in [0.2, 0.25) is 5.02 Å². The number of hydrogen-bond acceptors (Lipinski definition) is 4. The second-order valence-electron chi connectivity index (χ2n) is 6.92. The first-order chi connectivity index (χ1) is 14.4. The Morgan fingerprint density at radius 2 is 1.87 bits per heavy atom. The summed E-state index contributed by atoms with van der Waals surface area (Å²) in [5, 5.41) is 4.75. The predicted octanol–water partition coefficient (Wildman–Crippen LogP) is 3.35. The molecule has 0 atom stereocenters.